The first kappa shape index (κ1) is 9.87. The maximum absolute atomic E-state index is 5.68. The molecular formula is C11H15NOS. The third kappa shape index (κ3) is 2.04. The van der Waals surface area contributed by atoms with Crippen molar-refractivity contribution in [2.45, 2.75) is 18.2 Å². The fraction of sp³-hybridized carbons (Fsp3) is 0.455. The van der Waals surface area contributed by atoms with Crippen LogP contribution in [0, 0.1) is 0 Å². The van der Waals surface area contributed by atoms with Crippen LogP contribution in [0.15, 0.2) is 29.2 Å². The van der Waals surface area contributed by atoms with Crippen LogP contribution < -0.4 is 5.06 Å². The number of hydrogen-bond donors (Lipinski definition) is 0. The van der Waals surface area contributed by atoms with Crippen molar-refractivity contribution in [1.82, 2.24) is 0 Å². The van der Waals surface area contributed by atoms with E-state index < -0.39 is 0 Å². The van der Waals surface area contributed by atoms with Crippen LogP contribution in [0.1, 0.15) is 13.3 Å². The molecular weight excluding hydrogens is 194 g/mol. The van der Waals surface area contributed by atoms with Gasteiger partial charge in [-0.1, -0.05) is 19.1 Å². The number of anilines is 1. The smallest absolute Gasteiger partial charge is 0.0772 e. The van der Waals surface area contributed by atoms with Crippen LogP contribution in [0.25, 0.3) is 0 Å². The highest BCUT2D eigenvalue weighted by Crippen LogP contribution is 2.34. The maximum atomic E-state index is 5.68. The van der Waals surface area contributed by atoms with Crippen LogP contribution in [0.4, 0.5) is 5.69 Å². The molecule has 0 spiro atoms. The molecule has 0 N–H and O–H groups in total. The zero-order chi connectivity index (χ0) is 9.80. The third-order valence-electron chi connectivity index (χ3n) is 2.14. The molecule has 2 nitrogen and oxygen atoms in total. The molecule has 0 bridgehead atoms. The number of fused-ring (bicyclic) bond motifs is 1. The molecule has 0 aromatic heterocycles. The van der Waals surface area contributed by atoms with Gasteiger partial charge in [0.1, 0.15) is 0 Å². The standard InChI is InChI=1S/C11H15NOS/c1-2-8-13-12-7-9-14-11-6-4-3-5-10(11)12/h3-6H,2,7-9H2,1H3. The minimum Gasteiger partial charge on any atom is -0.273 e. The summed E-state index contributed by atoms with van der Waals surface area (Å²) in [5.41, 5.74) is 1.22. The summed E-state index contributed by atoms with van der Waals surface area (Å²) >= 11 is 1.90. The molecule has 1 aliphatic rings. The Kier molecular flexibility index (Phi) is 3.32. The van der Waals surface area contributed by atoms with Gasteiger partial charge in [0.15, 0.2) is 0 Å². The van der Waals surface area contributed by atoms with Crippen molar-refractivity contribution in [1.29, 1.82) is 0 Å². The van der Waals surface area contributed by atoms with Gasteiger partial charge in [0.2, 0.25) is 0 Å². The summed E-state index contributed by atoms with van der Waals surface area (Å²) in [6, 6.07) is 8.42. The molecule has 1 aromatic rings. The van der Waals surface area contributed by atoms with E-state index >= 15 is 0 Å². The number of thioether (sulfide) groups is 1. The van der Waals surface area contributed by atoms with Crippen molar-refractivity contribution in [2.75, 3.05) is 24.0 Å². The quantitative estimate of drug-likeness (QED) is 0.759. The molecule has 14 heavy (non-hydrogen) atoms. The molecule has 0 atom stereocenters. The van der Waals surface area contributed by atoms with E-state index in [0.717, 1.165) is 25.3 Å². The first-order valence-electron chi connectivity index (χ1n) is 5.04. The largest absolute Gasteiger partial charge is 0.273 e. The van der Waals surface area contributed by atoms with E-state index in [1.165, 1.54) is 10.6 Å². The minimum atomic E-state index is 0.805. The molecule has 0 radical (unpaired) electrons. The van der Waals surface area contributed by atoms with Crippen molar-refractivity contribution in [3.05, 3.63) is 24.3 Å². The van der Waals surface area contributed by atoms with E-state index in [1.807, 2.05) is 16.8 Å². The van der Waals surface area contributed by atoms with Crippen LogP contribution in [0.2, 0.25) is 0 Å². The average molecular weight is 209 g/mol. The average Bonchev–Trinajstić information content (AvgIpc) is 2.26. The zero-order valence-electron chi connectivity index (χ0n) is 8.40. The molecule has 76 valence electrons. The summed E-state index contributed by atoms with van der Waals surface area (Å²) in [6.45, 7) is 3.92. The van der Waals surface area contributed by atoms with E-state index in [4.69, 9.17) is 4.84 Å². The van der Waals surface area contributed by atoms with Crippen molar-refractivity contribution < 1.29 is 4.84 Å². The zero-order valence-corrected chi connectivity index (χ0v) is 9.22. The Hall–Kier alpha value is -0.670. The molecule has 1 heterocycles. The summed E-state index contributed by atoms with van der Waals surface area (Å²) in [5.74, 6) is 1.11. The van der Waals surface area contributed by atoms with Crippen molar-refractivity contribution >= 4 is 17.4 Å². The molecule has 3 heteroatoms. The van der Waals surface area contributed by atoms with Gasteiger partial charge >= 0.3 is 0 Å². The maximum Gasteiger partial charge on any atom is 0.0772 e. The van der Waals surface area contributed by atoms with Gasteiger partial charge in [-0.3, -0.25) is 9.90 Å². The SMILES string of the molecule is CCCON1CCSc2ccccc21. The van der Waals surface area contributed by atoms with Crippen LogP contribution in [-0.4, -0.2) is 18.9 Å². The second-order valence-electron chi connectivity index (χ2n) is 3.25. The lowest BCUT2D eigenvalue weighted by atomic mass is 10.3. The Bertz CT molecular complexity index is 303. The van der Waals surface area contributed by atoms with Crippen LogP contribution in [-0.2, 0) is 4.84 Å². The van der Waals surface area contributed by atoms with Crippen LogP contribution in [0.3, 0.4) is 0 Å². The number of benzene rings is 1. The highest BCUT2D eigenvalue weighted by molar-refractivity contribution is 7.99. The minimum absolute atomic E-state index is 0.805. The molecule has 0 aliphatic carbocycles. The molecule has 2 rings (SSSR count). The highest BCUT2D eigenvalue weighted by atomic mass is 32.2. The molecule has 0 saturated carbocycles. The third-order valence-corrected chi connectivity index (χ3v) is 3.18. The monoisotopic (exact) mass is 209 g/mol. The second kappa shape index (κ2) is 4.71. The van der Waals surface area contributed by atoms with Gasteiger partial charge in [0.05, 0.1) is 18.8 Å². The summed E-state index contributed by atoms with van der Waals surface area (Å²) in [7, 11) is 0. The Balaban J connectivity index is 2.14. The lowest BCUT2D eigenvalue weighted by Crippen LogP contribution is -2.29. The number of para-hydroxylation sites is 1. The van der Waals surface area contributed by atoms with Gasteiger partial charge in [0.25, 0.3) is 0 Å². The fourth-order valence-electron chi connectivity index (χ4n) is 1.48. The normalized spacial score (nSPS) is 15.4. The molecule has 0 amide bonds. The topological polar surface area (TPSA) is 12.5 Å². The molecule has 1 aromatic carbocycles. The van der Waals surface area contributed by atoms with Gasteiger partial charge < -0.3 is 0 Å². The van der Waals surface area contributed by atoms with Gasteiger partial charge in [-0.05, 0) is 18.6 Å². The first-order chi connectivity index (χ1) is 6.92. The Morgan fingerprint density at radius 3 is 3.14 bits per heavy atom. The number of nitrogens with zero attached hydrogens (tertiary/aromatic N) is 1. The second-order valence-corrected chi connectivity index (χ2v) is 4.39. The number of hydrogen-bond acceptors (Lipinski definition) is 3. The molecule has 0 fully saturated rings. The summed E-state index contributed by atoms with van der Waals surface area (Å²) in [4.78, 5) is 7.01. The Labute approximate surface area is 89.2 Å². The van der Waals surface area contributed by atoms with E-state index in [-0.39, 0.29) is 0 Å². The lowest BCUT2D eigenvalue weighted by molar-refractivity contribution is 0.110. The fourth-order valence-corrected chi connectivity index (χ4v) is 2.45. The van der Waals surface area contributed by atoms with Crippen molar-refractivity contribution in [2.24, 2.45) is 0 Å². The van der Waals surface area contributed by atoms with Crippen LogP contribution >= 0.6 is 11.8 Å². The van der Waals surface area contributed by atoms with E-state index in [2.05, 4.69) is 31.2 Å². The van der Waals surface area contributed by atoms with Crippen LogP contribution in [0.5, 0.6) is 0 Å². The first-order valence-corrected chi connectivity index (χ1v) is 6.02. The summed E-state index contributed by atoms with van der Waals surface area (Å²) in [5, 5.41) is 2.02. The molecule has 1 aliphatic heterocycles. The van der Waals surface area contributed by atoms with Crippen molar-refractivity contribution in [3.8, 4) is 0 Å². The Morgan fingerprint density at radius 1 is 1.43 bits per heavy atom. The van der Waals surface area contributed by atoms with Gasteiger partial charge in [-0.15, -0.1) is 11.8 Å². The lowest BCUT2D eigenvalue weighted by Gasteiger charge is -2.29. The Morgan fingerprint density at radius 2 is 2.29 bits per heavy atom. The number of hydroxylamine groups is 1. The molecule has 0 unspecified atom stereocenters. The predicted octanol–water partition coefficient (Wildman–Crippen LogP) is 2.94. The number of rotatable bonds is 3. The van der Waals surface area contributed by atoms with Gasteiger partial charge in [-0.25, -0.2) is 0 Å². The van der Waals surface area contributed by atoms with Gasteiger partial charge in [-0.2, -0.15) is 0 Å². The summed E-state index contributed by atoms with van der Waals surface area (Å²) in [6.07, 6.45) is 1.06. The van der Waals surface area contributed by atoms with E-state index in [9.17, 15) is 0 Å². The summed E-state index contributed by atoms with van der Waals surface area (Å²) < 4.78 is 0. The van der Waals surface area contributed by atoms with Gasteiger partial charge in [0, 0.05) is 10.6 Å². The predicted molar refractivity (Wildman–Crippen MR) is 60.8 cm³/mol. The van der Waals surface area contributed by atoms with E-state index in [1.54, 1.807) is 0 Å². The van der Waals surface area contributed by atoms with Crippen molar-refractivity contribution in [3.63, 3.8) is 0 Å². The van der Waals surface area contributed by atoms with E-state index in [0.29, 0.717) is 0 Å². The highest BCUT2D eigenvalue weighted by Gasteiger charge is 2.16. The molecule has 0 saturated heterocycles.